The number of halogens is 1. The van der Waals surface area contributed by atoms with E-state index in [4.69, 9.17) is 14.2 Å². The van der Waals surface area contributed by atoms with Crippen molar-refractivity contribution in [3.63, 3.8) is 0 Å². The molecule has 2 aromatic carbocycles. The smallest absolute Gasteiger partial charge is 0.336 e. The van der Waals surface area contributed by atoms with E-state index in [2.05, 4.69) is 10.1 Å². The third kappa shape index (κ3) is 4.34. The van der Waals surface area contributed by atoms with Crippen molar-refractivity contribution < 1.29 is 23.4 Å². The molecule has 0 N–H and O–H groups in total. The predicted molar refractivity (Wildman–Crippen MR) is 100 cm³/mol. The van der Waals surface area contributed by atoms with Crippen molar-refractivity contribution in [2.45, 2.75) is 6.92 Å². The Labute approximate surface area is 161 Å². The molecule has 1 heterocycles. The Balaban J connectivity index is 1.96. The Morgan fingerprint density at radius 1 is 1.11 bits per heavy atom. The van der Waals surface area contributed by atoms with Gasteiger partial charge in [-0.05, 0) is 43.3 Å². The third-order valence-electron chi connectivity index (χ3n) is 3.89. The van der Waals surface area contributed by atoms with E-state index in [-0.39, 0.29) is 24.0 Å². The van der Waals surface area contributed by atoms with E-state index >= 15 is 0 Å². The maximum Gasteiger partial charge on any atom is 0.336 e. The minimum absolute atomic E-state index is 0.0279. The summed E-state index contributed by atoms with van der Waals surface area (Å²) < 4.78 is 31.1. The minimum atomic E-state index is -0.514. The molecule has 7 nitrogen and oxygen atoms in total. The van der Waals surface area contributed by atoms with Gasteiger partial charge in [0.15, 0.2) is 5.82 Å². The molecule has 0 aliphatic carbocycles. The molecule has 0 radical (unpaired) electrons. The summed E-state index contributed by atoms with van der Waals surface area (Å²) in [6, 6.07) is 12.5. The van der Waals surface area contributed by atoms with Gasteiger partial charge in [0.05, 0.1) is 19.3 Å². The quantitative estimate of drug-likeness (QED) is 0.555. The number of hydrogen-bond donors (Lipinski definition) is 0. The van der Waals surface area contributed by atoms with Crippen LogP contribution in [0.1, 0.15) is 17.3 Å². The predicted octanol–water partition coefficient (Wildman–Crippen LogP) is 3.20. The van der Waals surface area contributed by atoms with Crippen LogP contribution in [0.15, 0.2) is 48.5 Å². The van der Waals surface area contributed by atoms with Gasteiger partial charge in [-0.1, -0.05) is 12.1 Å². The van der Waals surface area contributed by atoms with Crippen LogP contribution in [-0.4, -0.2) is 47.6 Å². The zero-order valence-electron chi connectivity index (χ0n) is 15.6. The lowest BCUT2D eigenvalue weighted by Gasteiger charge is -2.06. The molecule has 0 saturated carbocycles. The van der Waals surface area contributed by atoms with Crippen molar-refractivity contribution in [2.24, 2.45) is 0 Å². The van der Waals surface area contributed by atoms with Gasteiger partial charge in [-0.25, -0.2) is 4.39 Å². The maximum atomic E-state index is 14.3. The van der Waals surface area contributed by atoms with Crippen LogP contribution in [0.2, 0.25) is 0 Å². The summed E-state index contributed by atoms with van der Waals surface area (Å²) in [6.07, 6.45) is 0. The largest absolute Gasteiger partial charge is 0.497 e. The van der Waals surface area contributed by atoms with E-state index in [1.165, 1.54) is 19.2 Å². The molecule has 28 heavy (non-hydrogen) atoms. The van der Waals surface area contributed by atoms with Gasteiger partial charge in [0.25, 0.3) is 5.91 Å². The lowest BCUT2D eigenvalue weighted by molar-refractivity contribution is 0.0938. The molecule has 0 aliphatic rings. The number of aromatic nitrogens is 3. The van der Waals surface area contributed by atoms with Crippen LogP contribution >= 0.6 is 0 Å². The van der Waals surface area contributed by atoms with E-state index in [0.29, 0.717) is 24.5 Å². The molecule has 0 atom stereocenters. The SMILES string of the molecule is CCOCCOc1nc(-c2ccccc2F)n(C(=O)c2ccc(OC)cc2)n1. The Kier molecular flexibility index (Phi) is 6.33. The van der Waals surface area contributed by atoms with Crippen molar-refractivity contribution in [3.05, 3.63) is 59.9 Å². The number of hydrogen-bond acceptors (Lipinski definition) is 6. The number of ether oxygens (including phenoxy) is 3. The van der Waals surface area contributed by atoms with Crippen molar-refractivity contribution in [1.82, 2.24) is 14.8 Å². The first-order valence-electron chi connectivity index (χ1n) is 8.75. The molecule has 3 aromatic rings. The number of carbonyl (C=O) groups is 1. The Bertz CT molecular complexity index is 941. The van der Waals surface area contributed by atoms with Crippen molar-refractivity contribution >= 4 is 5.91 Å². The standard InChI is InChI=1S/C20H20FN3O4/c1-3-27-12-13-28-20-22-18(16-6-4-5-7-17(16)21)24(23-20)19(25)14-8-10-15(26-2)11-9-14/h4-11H,3,12-13H2,1-2H3. The van der Waals surface area contributed by atoms with Gasteiger partial charge in [0, 0.05) is 12.2 Å². The Morgan fingerprint density at radius 2 is 1.86 bits per heavy atom. The number of nitrogens with zero attached hydrogens (tertiary/aromatic N) is 3. The zero-order valence-corrected chi connectivity index (χ0v) is 15.6. The second kappa shape index (κ2) is 9.09. The van der Waals surface area contributed by atoms with Crippen LogP contribution in [0.4, 0.5) is 4.39 Å². The fraction of sp³-hybridized carbons (Fsp3) is 0.250. The second-order valence-corrected chi connectivity index (χ2v) is 5.69. The van der Waals surface area contributed by atoms with Crippen LogP contribution in [0, 0.1) is 5.82 Å². The zero-order chi connectivity index (χ0) is 19.9. The molecule has 0 amide bonds. The van der Waals surface area contributed by atoms with E-state index in [1.807, 2.05) is 6.92 Å². The first-order chi connectivity index (χ1) is 13.6. The summed E-state index contributed by atoms with van der Waals surface area (Å²) in [5.74, 6) is -0.303. The van der Waals surface area contributed by atoms with Crippen molar-refractivity contribution in [1.29, 1.82) is 0 Å². The average Bonchev–Trinajstić information content (AvgIpc) is 3.15. The van der Waals surface area contributed by atoms with Gasteiger partial charge in [-0.15, -0.1) is 5.10 Å². The van der Waals surface area contributed by atoms with Gasteiger partial charge in [-0.2, -0.15) is 9.67 Å². The average molecular weight is 385 g/mol. The second-order valence-electron chi connectivity index (χ2n) is 5.69. The Morgan fingerprint density at radius 3 is 2.54 bits per heavy atom. The molecule has 146 valence electrons. The number of rotatable bonds is 8. The first kappa shape index (κ1) is 19.5. The summed E-state index contributed by atoms with van der Waals surface area (Å²) in [6.45, 7) is 3.00. The first-order valence-corrected chi connectivity index (χ1v) is 8.75. The van der Waals surface area contributed by atoms with Crippen LogP contribution in [0.3, 0.4) is 0 Å². The molecule has 8 heteroatoms. The third-order valence-corrected chi connectivity index (χ3v) is 3.89. The van der Waals surface area contributed by atoms with Gasteiger partial charge >= 0.3 is 6.01 Å². The summed E-state index contributed by atoms with van der Waals surface area (Å²) in [5.41, 5.74) is 0.501. The molecule has 0 fully saturated rings. The minimum Gasteiger partial charge on any atom is -0.497 e. The van der Waals surface area contributed by atoms with Gasteiger partial charge in [-0.3, -0.25) is 4.79 Å². The number of benzene rings is 2. The molecule has 0 aliphatic heterocycles. The highest BCUT2D eigenvalue weighted by atomic mass is 19.1. The molecular weight excluding hydrogens is 365 g/mol. The number of carbonyl (C=O) groups excluding carboxylic acids is 1. The number of methoxy groups -OCH3 is 1. The van der Waals surface area contributed by atoms with Crippen LogP contribution in [-0.2, 0) is 4.74 Å². The van der Waals surface area contributed by atoms with Crippen molar-refractivity contribution in [3.8, 4) is 23.1 Å². The fourth-order valence-electron chi connectivity index (χ4n) is 2.50. The highest BCUT2D eigenvalue weighted by Gasteiger charge is 2.22. The van der Waals surface area contributed by atoms with Crippen molar-refractivity contribution in [2.75, 3.05) is 26.9 Å². The van der Waals surface area contributed by atoms with Crippen LogP contribution in [0.5, 0.6) is 11.8 Å². The molecule has 0 unspecified atom stereocenters. The van der Waals surface area contributed by atoms with Gasteiger partial charge < -0.3 is 14.2 Å². The lowest BCUT2D eigenvalue weighted by atomic mass is 10.1. The molecular formula is C20H20FN3O4. The van der Waals surface area contributed by atoms with Crippen LogP contribution in [0.25, 0.3) is 11.4 Å². The van der Waals surface area contributed by atoms with E-state index in [9.17, 15) is 9.18 Å². The topological polar surface area (TPSA) is 75.5 Å². The van der Waals surface area contributed by atoms with E-state index in [1.54, 1.807) is 36.4 Å². The van der Waals surface area contributed by atoms with E-state index < -0.39 is 11.7 Å². The van der Waals surface area contributed by atoms with Gasteiger partial charge in [0.1, 0.15) is 18.2 Å². The highest BCUT2D eigenvalue weighted by Crippen LogP contribution is 2.24. The normalized spacial score (nSPS) is 10.7. The van der Waals surface area contributed by atoms with Crippen LogP contribution < -0.4 is 9.47 Å². The van der Waals surface area contributed by atoms with Gasteiger partial charge in [0.2, 0.25) is 0 Å². The molecule has 0 saturated heterocycles. The maximum absolute atomic E-state index is 14.3. The highest BCUT2D eigenvalue weighted by molar-refractivity contribution is 5.97. The summed E-state index contributed by atoms with van der Waals surface area (Å²) in [5, 5.41) is 4.12. The lowest BCUT2D eigenvalue weighted by Crippen LogP contribution is -2.16. The fourth-order valence-corrected chi connectivity index (χ4v) is 2.50. The van der Waals surface area contributed by atoms with E-state index in [0.717, 1.165) is 4.68 Å². The molecule has 1 aromatic heterocycles. The summed E-state index contributed by atoms with van der Waals surface area (Å²) in [4.78, 5) is 17.2. The Hall–Kier alpha value is -3.26. The monoisotopic (exact) mass is 385 g/mol. The summed E-state index contributed by atoms with van der Waals surface area (Å²) in [7, 11) is 1.54. The molecule has 0 spiro atoms. The molecule has 0 bridgehead atoms. The summed E-state index contributed by atoms with van der Waals surface area (Å²) >= 11 is 0. The molecule has 3 rings (SSSR count).